The van der Waals surface area contributed by atoms with Gasteiger partial charge in [-0.3, -0.25) is 4.79 Å². The Labute approximate surface area is 149 Å². The summed E-state index contributed by atoms with van der Waals surface area (Å²) in [6.45, 7) is -0.0960. The zero-order valence-electron chi connectivity index (χ0n) is 14.0. The van der Waals surface area contributed by atoms with Crippen molar-refractivity contribution in [1.82, 2.24) is 25.1 Å². The van der Waals surface area contributed by atoms with Crippen LogP contribution >= 0.6 is 0 Å². The van der Waals surface area contributed by atoms with Gasteiger partial charge in [-0.2, -0.15) is 4.80 Å². The average molecular weight is 379 g/mol. The standard InChI is InChI=1S/C16H18FN5O3S/c17-12-3-1-11(2-4-12)16-18-20-21(19-16)9-15(23)22(13-5-6-13)14-7-8-26(24,25)10-14/h1-4,13-14H,5-10H2/t14-/m0/s1. The third kappa shape index (κ3) is 3.59. The molecule has 8 nitrogen and oxygen atoms in total. The number of nitrogens with zero attached hydrogens (tertiary/aromatic N) is 5. The quantitative estimate of drug-likeness (QED) is 0.757. The van der Waals surface area contributed by atoms with Crippen LogP contribution in [0.15, 0.2) is 24.3 Å². The molecule has 2 aromatic rings. The number of hydrogen-bond acceptors (Lipinski definition) is 6. The summed E-state index contributed by atoms with van der Waals surface area (Å²) >= 11 is 0. The van der Waals surface area contributed by atoms with Crippen molar-refractivity contribution in [2.75, 3.05) is 11.5 Å². The molecular weight excluding hydrogens is 361 g/mol. The average Bonchev–Trinajstić information content (AvgIpc) is 3.20. The number of tetrazole rings is 1. The molecule has 1 aliphatic heterocycles. The van der Waals surface area contributed by atoms with Crippen molar-refractivity contribution in [3.63, 3.8) is 0 Å². The molecule has 0 radical (unpaired) electrons. The minimum atomic E-state index is -3.06. The monoisotopic (exact) mass is 379 g/mol. The summed E-state index contributed by atoms with van der Waals surface area (Å²) in [6, 6.07) is 5.53. The molecular formula is C16H18FN5O3S. The predicted octanol–water partition coefficient (Wildman–Crippen LogP) is 0.657. The Morgan fingerprint density at radius 1 is 1.19 bits per heavy atom. The normalized spacial score (nSPS) is 21.7. The third-order valence-electron chi connectivity index (χ3n) is 4.66. The van der Waals surface area contributed by atoms with E-state index >= 15 is 0 Å². The van der Waals surface area contributed by atoms with Crippen LogP contribution in [-0.2, 0) is 21.2 Å². The highest BCUT2D eigenvalue weighted by Gasteiger charge is 2.42. The Hall–Kier alpha value is -2.36. The lowest BCUT2D eigenvalue weighted by Crippen LogP contribution is -2.44. The largest absolute Gasteiger partial charge is 0.334 e. The lowest BCUT2D eigenvalue weighted by Gasteiger charge is -2.28. The van der Waals surface area contributed by atoms with E-state index in [1.54, 1.807) is 17.0 Å². The van der Waals surface area contributed by atoms with E-state index in [2.05, 4.69) is 15.4 Å². The van der Waals surface area contributed by atoms with Gasteiger partial charge in [0.1, 0.15) is 12.4 Å². The molecule has 1 aliphatic carbocycles. The Morgan fingerprint density at radius 2 is 1.92 bits per heavy atom. The molecule has 1 saturated heterocycles. The van der Waals surface area contributed by atoms with Gasteiger partial charge < -0.3 is 4.90 Å². The van der Waals surface area contributed by atoms with E-state index in [0.717, 1.165) is 12.8 Å². The van der Waals surface area contributed by atoms with E-state index in [9.17, 15) is 17.6 Å². The number of hydrogen-bond donors (Lipinski definition) is 0. The van der Waals surface area contributed by atoms with Crippen LogP contribution in [0.2, 0.25) is 0 Å². The van der Waals surface area contributed by atoms with E-state index in [0.29, 0.717) is 17.8 Å². The molecule has 138 valence electrons. The SMILES string of the molecule is O=C(Cn1nnc(-c2ccc(F)cc2)n1)N(C1CC1)[C@H]1CCS(=O)(=O)C1. The van der Waals surface area contributed by atoms with Gasteiger partial charge in [-0.05, 0) is 48.7 Å². The van der Waals surface area contributed by atoms with Crippen molar-refractivity contribution in [2.45, 2.75) is 37.9 Å². The summed E-state index contributed by atoms with van der Waals surface area (Å²) in [6.07, 6.45) is 2.28. The number of amides is 1. The van der Waals surface area contributed by atoms with Crippen molar-refractivity contribution in [3.8, 4) is 11.4 Å². The van der Waals surface area contributed by atoms with Gasteiger partial charge in [-0.1, -0.05) is 0 Å². The Kier molecular flexibility index (Phi) is 4.22. The van der Waals surface area contributed by atoms with E-state index in [-0.39, 0.29) is 41.9 Å². The maximum Gasteiger partial charge on any atom is 0.246 e. The van der Waals surface area contributed by atoms with Crippen LogP contribution in [0.1, 0.15) is 19.3 Å². The van der Waals surface area contributed by atoms with Crippen LogP contribution in [0.3, 0.4) is 0 Å². The number of rotatable bonds is 5. The first-order valence-corrected chi connectivity index (χ1v) is 10.3. The molecule has 1 amide bonds. The number of aromatic nitrogens is 4. The van der Waals surface area contributed by atoms with Crippen LogP contribution in [-0.4, -0.2) is 63.0 Å². The molecule has 0 spiro atoms. The van der Waals surface area contributed by atoms with Crippen LogP contribution < -0.4 is 0 Å². The lowest BCUT2D eigenvalue weighted by molar-refractivity contribution is -0.134. The van der Waals surface area contributed by atoms with Crippen LogP contribution in [0, 0.1) is 5.82 Å². The van der Waals surface area contributed by atoms with Crippen molar-refractivity contribution < 1.29 is 17.6 Å². The van der Waals surface area contributed by atoms with Crippen molar-refractivity contribution >= 4 is 15.7 Å². The van der Waals surface area contributed by atoms with Gasteiger partial charge in [0.25, 0.3) is 0 Å². The molecule has 1 atom stereocenters. The number of halogens is 1. The molecule has 0 bridgehead atoms. The highest BCUT2D eigenvalue weighted by Crippen LogP contribution is 2.32. The van der Waals surface area contributed by atoms with Gasteiger partial charge in [0.15, 0.2) is 9.84 Å². The summed E-state index contributed by atoms with van der Waals surface area (Å²) in [5.41, 5.74) is 0.603. The van der Waals surface area contributed by atoms with Gasteiger partial charge in [-0.15, -0.1) is 10.2 Å². The number of sulfone groups is 1. The summed E-state index contributed by atoms with van der Waals surface area (Å²) in [5, 5.41) is 12.0. The summed E-state index contributed by atoms with van der Waals surface area (Å²) in [7, 11) is -3.06. The van der Waals surface area contributed by atoms with Gasteiger partial charge in [0, 0.05) is 17.6 Å². The highest BCUT2D eigenvalue weighted by atomic mass is 32.2. The van der Waals surface area contributed by atoms with E-state index in [1.807, 2.05) is 0 Å². The zero-order chi connectivity index (χ0) is 18.3. The molecule has 0 unspecified atom stereocenters. The first-order valence-electron chi connectivity index (χ1n) is 8.47. The fraction of sp³-hybridized carbons (Fsp3) is 0.500. The molecule has 2 fully saturated rings. The maximum atomic E-state index is 13.0. The summed E-state index contributed by atoms with van der Waals surface area (Å²) in [4.78, 5) is 15.6. The third-order valence-corrected chi connectivity index (χ3v) is 6.41. The molecule has 1 aromatic carbocycles. The molecule has 2 aliphatic rings. The van der Waals surface area contributed by atoms with Gasteiger partial charge >= 0.3 is 0 Å². The topological polar surface area (TPSA) is 98.1 Å². The molecule has 2 heterocycles. The maximum absolute atomic E-state index is 13.0. The lowest BCUT2D eigenvalue weighted by atomic mass is 10.2. The van der Waals surface area contributed by atoms with E-state index < -0.39 is 9.84 Å². The van der Waals surface area contributed by atoms with Crippen LogP contribution in [0.4, 0.5) is 4.39 Å². The fourth-order valence-electron chi connectivity index (χ4n) is 3.28. The number of carbonyl (C=O) groups is 1. The van der Waals surface area contributed by atoms with Gasteiger partial charge in [0.05, 0.1) is 11.5 Å². The minimum absolute atomic E-state index is 0.0286. The second-order valence-corrected chi connectivity index (χ2v) is 8.97. The number of carbonyl (C=O) groups excluding carboxylic acids is 1. The Bertz CT molecular complexity index is 924. The molecule has 1 saturated carbocycles. The van der Waals surface area contributed by atoms with Crippen molar-refractivity contribution in [2.24, 2.45) is 0 Å². The fourth-order valence-corrected chi connectivity index (χ4v) is 4.99. The Morgan fingerprint density at radius 3 is 2.54 bits per heavy atom. The number of benzene rings is 1. The van der Waals surface area contributed by atoms with E-state index in [4.69, 9.17) is 0 Å². The van der Waals surface area contributed by atoms with Crippen molar-refractivity contribution in [3.05, 3.63) is 30.1 Å². The predicted molar refractivity (Wildman–Crippen MR) is 90.1 cm³/mol. The molecule has 10 heteroatoms. The van der Waals surface area contributed by atoms with E-state index in [1.165, 1.54) is 16.9 Å². The molecule has 4 rings (SSSR count). The summed E-state index contributed by atoms with van der Waals surface area (Å²) in [5.74, 6) is -0.0922. The smallest absolute Gasteiger partial charge is 0.246 e. The molecule has 1 aromatic heterocycles. The molecule has 26 heavy (non-hydrogen) atoms. The second kappa shape index (κ2) is 6.42. The zero-order valence-corrected chi connectivity index (χ0v) is 14.8. The van der Waals surface area contributed by atoms with Gasteiger partial charge in [-0.25, -0.2) is 12.8 Å². The van der Waals surface area contributed by atoms with Crippen molar-refractivity contribution in [1.29, 1.82) is 0 Å². The van der Waals surface area contributed by atoms with Crippen LogP contribution in [0.25, 0.3) is 11.4 Å². The first-order chi connectivity index (χ1) is 12.4. The first kappa shape index (κ1) is 17.1. The summed E-state index contributed by atoms with van der Waals surface area (Å²) < 4.78 is 36.5. The molecule has 0 N–H and O–H groups in total. The second-order valence-electron chi connectivity index (χ2n) is 6.74. The Balaban J connectivity index is 1.48. The van der Waals surface area contributed by atoms with Gasteiger partial charge in [0.2, 0.25) is 11.7 Å². The minimum Gasteiger partial charge on any atom is -0.334 e. The highest BCUT2D eigenvalue weighted by molar-refractivity contribution is 7.91. The van der Waals surface area contributed by atoms with Crippen LogP contribution in [0.5, 0.6) is 0 Å².